The van der Waals surface area contributed by atoms with Gasteiger partial charge >= 0.3 is 0 Å². The zero-order valence-corrected chi connectivity index (χ0v) is 19.0. The standard InChI is InChI=1S/C24H32N6O2/c1-25-19-8-9-26-21(12-19)18-11-22(24(32)27-13-18)30(14-17-6-7-17)20-15-29(16-20)23(31)5-4-10-28(2)3/h4-5,8-9,11-13,17,20H,6-7,10,14-16H2,1-3H3,(H,25,26)(H,27,32). The maximum absolute atomic E-state index is 12.8. The molecule has 0 aromatic carbocycles. The van der Waals surface area contributed by atoms with E-state index >= 15 is 0 Å². The van der Waals surface area contributed by atoms with E-state index in [1.807, 2.05) is 55.2 Å². The summed E-state index contributed by atoms with van der Waals surface area (Å²) in [7, 11) is 5.81. The number of aromatic amines is 1. The van der Waals surface area contributed by atoms with Crippen molar-refractivity contribution in [1.29, 1.82) is 0 Å². The maximum atomic E-state index is 12.8. The van der Waals surface area contributed by atoms with Gasteiger partial charge in [-0.25, -0.2) is 0 Å². The Balaban J connectivity index is 1.52. The van der Waals surface area contributed by atoms with Crippen LogP contribution in [0.15, 0.2) is 47.5 Å². The van der Waals surface area contributed by atoms with Gasteiger partial charge in [-0.2, -0.15) is 0 Å². The van der Waals surface area contributed by atoms with Crippen molar-refractivity contribution < 1.29 is 4.79 Å². The first kappa shape index (κ1) is 22.1. The molecule has 0 unspecified atom stereocenters. The Kier molecular flexibility index (Phi) is 6.60. The van der Waals surface area contributed by atoms with Gasteiger partial charge in [0.1, 0.15) is 5.69 Å². The van der Waals surface area contributed by atoms with Crippen LogP contribution in [-0.4, -0.2) is 79.0 Å². The number of amides is 1. The van der Waals surface area contributed by atoms with Crippen molar-refractivity contribution in [2.45, 2.75) is 18.9 Å². The van der Waals surface area contributed by atoms with Gasteiger partial charge in [0, 0.05) is 62.9 Å². The van der Waals surface area contributed by atoms with Crippen molar-refractivity contribution in [3.05, 3.63) is 53.1 Å². The second-order valence-electron chi connectivity index (χ2n) is 8.94. The lowest BCUT2D eigenvalue weighted by Crippen LogP contribution is -2.62. The van der Waals surface area contributed by atoms with Gasteiger partial charge in [0.15, 0.2) is 0 Å². The molecule has 2 aromatic heterocycles. The van der Waals surface area contributed by atoms with Crippen molar-refractivity contribution >= 4 is 17.3 Å². The topological polar surface area (TPSA) is 84.6 Å². The molecule has 3 heterocycles. The monoisotopic (exact) mass is 436 g/mol. The fourth-order valence-corrected chi connectivity index (χ4v) is 3.90. The predicted molar refractivity (Wildman–Crippen MR) is 128 cm³/mol. The summed E-state index contributed by atoms with van der Waals surface area (Å²) in [6, 6.07) is 5.95. The molecule has 2 fully saturated rings. The molecular formula is C24H32N6O2. The lowest BCUT2D eigenvalue weighted by atomic mass is 10.0. The van der Waals surface area contributed by atoms with E-state index in [1.54, 1.807) is 18.5 Å². The van der Waals surface area contributed by atoms with E-state index < -0.39 is 0 Å². The van der Waals surface area contributed by atoms with Crippen LogP contribution in [0.4, 0.5) is 11.4 Å². The van der Waals surface area contributed by atoms with Crippen molar-refractivity contribution in [2.24, 2.45) is 5.92 Å². The van der Waals surface area contributed by atoms with Crippen LogP contribution in [0.3, 0.4) is 0 Å². The summed E-state index contributed by atoms with van der Waals surface area (Å²) in [4.78, 5) is 38.7. The minimum Gasteiger partial charge on any atom is -0.388 e. The zero-order chi connectivity index (χ0) is 22.7. The highest BCUT2D eigenvalue weighted by Gasteiger charge is 2.37. The molecule has 1 saturated carbocycles. The third kappa shape index (κ3) is 5.19. The maximum Gasteiger partial charge on any atom is 0.271 e. The number of likely N-dealkylation sites (tertiary alicyclic amines) is 1. The molecule has 170 valence electrons. The van der Waals surface area contributed by atoms with E-state index in [0.29, 0.717) is 24.7 Å². The molecule has 2 aromatic rings. The average Bonchev–Trinajstić information content (AvgIpc) is 3.56. The normalized spacial score (nSPS) is 16.4. The smallest absolute Gasteiger partial charge is 0.271 e. The van der Waals surface area contributed by atoms with Crippen molar-refractivity contribution in [3.63, 3.8) is 0 Å². The Hall–Kier alpha value is -3.13. The number of aromatic nitrogens is 2. The highest BCUT2D eigenvalue weighted by molar-refractivity contribution is 5.88. The third-order valence-electron chi connectivity index (χ3n) is 6.03. The van der Waals surface area contributed by atoms with Gasteiger partial charge in [0.2, 0.25) is 5.91 Å². The van der Waals surface area contributed by atoms with Crippen LogP contribution in [0, 0.1) is 5.92 Å². The first-order chi connectivity index (χ1) is 15.4. The fraction of sp³-hybridized carbons (Fsp3) is 0.458. The first-order valence-corrected chi connectivity index (χ1v) is 11.2. The van der Waals surface area contributed by atoms with E-state index in [1.165, 1.54) is 12.8 Å². The van der Waals surface area contributed by atoms with E-state index in [2.05, 4.69) is 20.2 Å². The Labute approximate surface area is 188 Å². The molecule has 1 saturated heterocycles. The number of likely N-dealkylation sites (N-methyl/N-ethyl adjacent to an activating group) is 1. The van der Waals surface area contributed by atoms with Crippen LogP contribution in [0.2, 0.25) is 0 Å². The van der Waals surface area contributed by atoms with Crippen LogP contribution in [0.1, 0.15) is 12.8 Å². The molecule has 1 aliphatic carbocycles. The highest BCUT2D eigenvalue weighted by Crippen LogP contribution is 2.34. The molecule has 8 heteroatoms. The van der Waals surface area contributed by atoms with Crippen LogP contribution < -0.4 is 15.8 Å². The number of anilines is 2. The summed E-state index contributed by atoms with van der Waals surface area (Å²) in [5.74, 6) is 0.652. The van der Waals surface area contributed by atoms with Gasteiger partial charge in [-0.1, -0.05) is 6.08 Å². The second-order valence-corrected chi connectivity index (χ2v) is 8.94. The summed E-state index contributed by atoms with van der Waals surface area (Å²) >= 11 is 0. The number of hydrogen-bond acceptors (Lipinski definition) is 6. The fourth-order valence-electron chi connectivity index (χ4n) is 3.90. The molecule has 8 nitrogen and oxygen atoms in total. The number of rotatable bonds is 9. The van der Waals surface area contributed by atoms with Gasteiger partial charge in [0.05, 0.1) is 11.7 Å². The average molecular weight is 437 g/mol. The minimum absolute atomic E-state index is 0.0326. The molecule has 32 heavy (non-hydrogen) atoms. The summed E-state index contributed by atoms with van der Waals surface area (Å²) in [5, 5.41) is 3.12. The van der Waals surface area contributed by atoms with Gasteiger partial charge < -0.3 is 25.0 Å². The lowest BCUT2D eigenvalue weighted by molar-refractivity contribution is -0.130. The number of carbonyl (C=O) groups is 1. The molecule has 1 amide bonds. The number of nitrogens with zero attached hydrogens (tertiary/aromatic N) is 4. The van der Waals surface area contributed by atoms with Crippen LogP contribution in [0.25, 0.3) is 11.3 Å². The van der Waals surface area contributed by atoms with Crippen molar-refractivity contribution in [2.75, 3.05) is 57.5 Å². The van der Waals surface area contributed by atoms with Crippen LogP contribution in [-0.2, 0) is 4.79 Å². The van der Waals surface area contributed by atoms with E-state index in [9.17, 15) is 9.59 Å². The molecule has 0 radical (unpaired) electrons. The van der Waals surface area contributed by atoms with Gasteiger partial charge in [-0.3, -0.25) is 14.6 Å². The quantitative estimate of drug-likeness (QED) is 0.585. The summed E-state index contributed by atoms with van der Waals surface area (Å²) in [6.45, 7) is 2.85. The number of hydrogen-bond donors (Lipinski definition) is 2. The summed E-state index contributed by atoms with van der Waals surface area (Å²) in [6.07, 6.45) is 9.40. The Morgan fingerprint density at radius 2 is 2.09 bits per heavy atom. The highest BCUT2D eigenvalue weighted by atomic mass is 16.2. The molecule has 2 N–H and O–H groups in total. The second kappa shape index (κ2) is 9.56. The number of carbonyl (C=O) groups excluding carboxylic acids is 1. The summed E-state index contributed by atoms with van der Waals surface area (Å²) < 4.78 is 0. The van der Waals surface area contributed by atoms with Gasteiger partial charge in [-0.15, -0.1) is 0 Å². The number of nitrogens with one attached hydrogen (secondary N) is 2. The van der Waals surface area contributed by atoms with E-state index in [4.69, 9.17) is 0 Å². The Morgan fingerprint density at radius 1 is 1.31 bits per heavy atom. The minimum atomic E-state index is -0.102. The third-order valence-corrected chi connectivity index (χ3v) is 6.03. The van der Waals surface area contributed by atoms with Gasteiger partial charge in [-0.05, 0) is 51.1 Å². The van der Waals surface area contributed by atoms with E-state index in [0.717, 1.165) is 30.0 Å². The Morgan fingerprint density at radius 3 is 2.78 bits per heavy atom. The Bertz CT molecular complexity index is 1040. The molecule has 0 spiro atoms. The first-order valence-electron chi connectivity index (χ1n) is 11.2. The number of H-pyrrole nitrogens is 1. The SMILES string of the molecule is CNc1ccnc(-c2c[nH]c(=O)c(N(CC3CC3)C3CN(C(=O)C=CCN(C)C)C3)c2)c1. The number of pyridine rings is 2. The van der Waals surface area contributed by atoms with E-state index in [-0.39, 0.29) is 17.5 Å². The van der Waals surface area contributed by atoms with Crippen molar-refractivity contribution in [1.82, 2.24) is 19.8 Å². The molecule has 2 aliphatic rings. The van der Waals surface area contributed by atoms with Gasteiger partial charge in [0.25, 0.3) is 5.56 Å². The van der Waals surface area contributed by atoms with Crippen LogP contribution in [0.5, 0.6) is 0 Å². The van der Waals surface area contributed by atoms with Crippen LogP contribution >= 0.6 is 0 Å². The largest absolute Gasteiger partial charge is 0.388 e. The molecule has 1 aliphatic heterocycles. The lowest BCUT2D eigenvalue weighted by Gasteiger charge is -2.46. The molecular weight excluding hydrogens is 404 g/mol. The van der Waals surface area contributed by atoms with Crippen molar-refractivity contribution in [3.8, 4) is 11.3 Å². The zero-order valence-electron chi connectivity index (χ0n) is 19.0. The molecule has 0 bridgehead atoms. The molecule has 0 atom stereocenters. The molecule has 4 rings (SSSR count). The summed E-state index contributed by atoms with van der Waals surface area (Å²) in [5.41, 5.74) is 3.20. The predicted octanol–water partition coefficient (Wildman–Crippen LogP) is 2.02.